The van der Waals surface area contributed by atoms with Gasteiger partial charge >= 0.3 is 0 Å². The van der Waals surface area contributed by atoms with Gasteiger partial charge in [0.1, 0.15) is 12.4 Å². The highest BCUT2D eigenvalue weighted by Gasteiger charge is 2.15. The average Bonchev–Trinajstić information content (AvgIpc) is 3.22. The van der Waals surface area contributed by atoms with Crippen LogP contribution in [0.1, 0.15) is 17.0 Å². The molecule has 0 aliphatic heterocycles. The number of allylic oxidation sites excluding steroid dienone is 1. The molecule has 0 saturated heterocycles. The smallest absolute Gasteiger partial charge is 0.234 e. The number of hydrogen-bond donors (Lipinski definition) is 1. The van der Waals surface area contributed by atoms with Crippen LogP contribution >= 0.6 is 23.4 Å². The monoisotopic (exact) mass is 492 g/mol. The van der Waals surface area contributed by atoms with Crippen molar-refractivity contribution >= 4 is 45.7 Å². The number of fused-ring (bicyclic) bond motifs is 1. The van der Waals surface area contributed by atoms with Crippen LogP contribution in [0.2, 0.25) is 5.02 Å². The van der Waals surface area contributed by atoms with Crippen molar-refractivity contribution in [2.75, 3.05) is 11.1 Å². The Morgan fingerprint density at radius 3 is 2.76 bits per heavy atom. The zero-order valence-electron chi connectivity index (χ0n) is 19.0. The van der Waals surface area contributed by atoms with Crippen molar-refractivity contribution in [1.82, 2.24) is 14.8 Å². The molecule has 8 heteroatoms. The van der Waals surface area contributed by atoms with E-state index in [1.54, 1.807) is 12.1 Å². The van der Waals surface area contributed by atoms with Gasteiger partial charge in [0.25, 0.3) is 0 Å². The minimum atomic E-state index is -0.145. The van der Waals surface area contributed by atoms with E-state index in [1.165, 1.54) is 17.1 Å². The predicted molar refractivity (Wildman–Crippen MR) is 139 cm³/mol. The minimum Gasteiger partial charge on any atom is -0.485 e. The molecular weight excluding hydrogens is 468 g/mol. The summed E-state index contributed by atoms with van der Waals surface area (Å²) in [7, 11) is 0. The van der Waals surface area contributed by atoms with Crippen LogP contribution in [-0.4, -0.2) is 26.4 Å². The summed E-state index contributed by atoms with van der Waals surface area (Å²) in [6.45, 7) is 8.53. The van der Waals surface area contributed by atoms with Crippen LogP contribution in [0.15, 0.2) is 72.4 Å². The lowest BCUT2D eigenvalue weighted by molar-refractivity contribution is -0.113. The highest BCUT2D eigenvalue weighted by molar-refractivity contribution is 7.99. The Morgan fingerprint density at radius 2 is 1.94 bits per heavy atom. The van der Waals surface area contributed by atoms with Gasteiger partial charge in [-0.05, 0) is 53.9 Å². The summed E-state index contributed by atoms with van der Waals surface area (Å²) < 4.78 is 8.01. The van der Waals surface area contributed by atoms with Gasteiger partial charge in [-0.1, -0.05) is 65.8 Å². The Balaban J connectivity index is 1.43. The number of thioether (sulfide) groups is 1. The van der Waals surface area contributed by atoms with Gasteiger partial charge in [-0.15, -0.1) is 16.8 Å². The topological polar surface area (TPSA) is 69.0 Å². The molecule has 0 unspecified atom stereocenters. The molecule has 34 heavy (non-hydrogen) atoms. The number of carbonyl (C=O) groups excluding carboxylic acids is 1. The molecule has 0 radical (unpaired) electrons. The van der Waals surface area contributed by atoms with Crippen molar-refractivity contribution < 1.29 is 9.53 Å². The Bertz CT molecular complexity index is 1350. The summed E-state index contributed by atoms with van der Waals surface area (Å²) in [4.78, 5) is 12.5. The quantitative estimate of drug-likeness (QED) is 0.222. The summed E-state index contributed by atoms with van der Waals surface area (Å²) in [6, 6.07) is 17.7. The second-order valence-electron chi connectivity index (χ2n) is 7.75. The van der Waals surface area contributed by atoms with Crippen LogP contribution < -0.4 is 10.1 Å². The molecular formula is C26H25ClN4O2S. The highest BCUT2D eigenvalue weighted by atomic mass is 35.5. The number of nitrogens with zero attached hydrogens (tertiary/aromatic N) is 3. The molecule has 4 aromatic rings. The van der Waals surface area contributed by atoms with E-state index in [-0.39, 0.29) is 18.3 Å². The Morgan fingerprint density at radius 1 is 1.12 bits per heavy atom. The molecule has 3 aromatic carbocycles. The lowest BCUT2D eigenvalue weighted by atomic mass is 10.0. The maximum Gasteiger partial charge on any atom is 0.234 e. The largest absolute Gasteiger partial charge is 0.485 e. The first kappa shape index (κ1) is 23.9. The third-order valence-electron chi connectivity index (χ3n) is 5.48. The second kappa shape index (κ2) is 10.8. The lowest BCUT2D eigenvalue weighted by Crippen LogP contribution is -2.15. The van der Waals surface area contributed by atoms with E-state index in [9.17, 15) is 4.79 Å². The number of hydrogen-bond acceptors (Lipinski definition) is 5. The van der Waals surface area contributed by atoms with E-state index in [0.717, 1.165) is 22.3 Å². The highest BCUT2D eigenvalue weighted by Crippen LogP contribution is 2.28. The zero-order chi connectivity index (χ0) is 24.1. The van der Waals surface area contributed by atoms with Gasteiger partial charge in [-0.2, -0.15) is 0 Å². The van der Waals surface area contributed by atoms with Crippen molar-refractivity contribution in [1.29, 1.82) is 0 Å². The number of amides is 1. The van der Waals surface area contributed by atoms with Crippen LogP contribution in [0, 0.1) is 13.8 Å². The summed E-state index contributed by atoms with van der Waals surface area (Å²) in [6.07, 6.45) is 1.77. The van der Waals surface area contributed by atoms with Crippen LogP contribution in [0.4, 0.5) is 5.69 Å². The number of ether oxygens (including phenoxy) is 1. The zero-order valence-corrected chi connectivity index (χ0v) is 20.6. The molecule has 0 aliphatic rings. The fourth-order valence-corrected chi connectivity index (χ4v) is 4.55. The number of aromatic nitrogens is 3. The maximum absolute atomic E-state index is 12.5. The summed E-state index contributed by atoms with van der Waals surface area (Å²) in [5.74, 6) is 1.51. The number of aryl methyl sites for hydroxylation is 1. The third kappa shape index (κ3) is 5.26. The number of benzene rings is 3. The third-order valence-corrected chi connectivity index (χ3v) is 6.86. The van der Waals surface area contributed by atoms with Crippen molar-refractivity contribution in [2.45, 2.75) is 32.2 Å². The van der Waals surface area contributed by atoms with Gasteiger partial charge in [-0.3, -0.25) is 9.36 Å². The molecule has 1 heterocycles. The lowest BCUT2D eigenvalue weighted by Gasteiger charge is -2.12. The van der Waals surface area contributed by atoms with E-state index in [0.29, 0.717) is 28.2 Å². The Hall–Kier alpha value is -3.29. The number of anilines is 1. The normalized spacial score (nSPS) is 10.9. The number of halogens is 1. The van der Waals surface area contributed by atoms with E-state index >= 15 is 0 Å². The Kier molecular flexibility index (Phi) is 7.55. The molecule has 4 rings (SSSR count). The van der Waals surface area contributed by atoms with E-state index in [1.807, 2.05) is 54.8 Å². The van der Waals surface area contributed by atoms with Crippen molar-refractivity contribution in [3.05, 3.63) is 89.2 Å². The molecule has 0 fully saturated rings. The second-order valence-corrected chi connectivity index (χ2v) is 9.10. The first-order valence-electron chi connectivity index (χ1n) is 10.8. The fourth-order valence-electron chi connectivity index (χ4n) is 3.61. The minimum absolute atomic E-state index is 0.145. The van der Waals surface area contributed by atoms with E-state index < -0.39 is 0 Å². The SMILES string of the molecule is C=CCn1c(COc2ccc3ccccc3c2C)nnc1SCC(=O)Nc1cccc(Cl)c1C. The molecule has 174 valence electrons. The van der Waals surface area contributed by atoms with Crippen molar-refractivity contribution in [3.8, 4) is 5.75 Å². The molecule has 6 nitrogen and oxygen atoms in total. The molecule has 0 saturated carbocycles. The van der Waals surface area contributed by atoms with Gasteiger partial charge < -0.3 is 10.1 Å². The van der Waals surface area contributed by atoms with Gasteiger partial charge in [-0.25, -0.2) is 0 Å². The number of rotatable bonds is 9. The molecule has 1 N–H and O–H groups in total. The van der Waals surface area contributed by atoms with E-state index in [2.05, 4.69) is 34.2 Å². The van der Waals surface area contributed by atoms with Crippen LogP contribution in [-0.2, 0) is 17.9 Å². The van der Waals surface area contributed by atoms with Crippen LogP contribution in [0.25, 0.3) is 10.8 Å². The number of carbonyl (C=O) groups is 1. The van der Waals surface area contributed by atoms with Crippen molar-refractivity contribution in [3.63, 3.8) is 0 Å². The molecule has 0 spiro atoms. The molecule has 1 amide bonds. The van der Waals surface area contributed by atoms with E-state index in [4.69, 9.17) is 16.3 Å². The first-order chi connectivity index (χ1) is 16.5. The van der Waals surface area contributed by atoms with Gasteiger partial charge in [0.05, 0.1) is 5.75 Å². The summed E-state index contributed by atoms with van der Waals surface area (Å²) in [5, 5.41) is 15.1. The van der Waals surface area contributed by atoms with Gasteiger partial charge in [0.15, 0.2) is 11.0 Å². The fraction of sp³-hybridized carbons (Fsp3) is 0.192. The molecule has 1 aromatic heterocycles. The average molecular weight is 493 g/mol. The molecule has 0 aliphatic carbocycles. The van der Waals surface area contributed by atoms with Crippen LogP contribution in [0.5, 0.6) is 5.75 Å². The molecule has 0 bridgehead atoms. The van der Waals surface area contributed by atoms with Crippen LogP contribution in [0.3, 0.4) is 0 Å². The van der Waals surface area contributed by atoms with Gasteiger partial charge in [0, 0.05) is 17.3 Å². The maximum atomic E-state index is 12.5. The summed E-state index contributed by atoms with van der Waals surface area (Å²) in [5.41, 5.74) is 2.61. The predicted octanol–water partition coefficient (Wildman–Crippen LogP) is 6.20. The van der Waals surface area contributed by atoms with Crippen molar-refractivity contribution in [2.24, 2.45) is 0 Å². The first-order valence-corrected chi connectivity index (χ1v) is 12.2. The summed E-state index contributed by atoms with van der Waals surface area (Å²) >= 11 is 7.45. The molecule has 0 atom stereocenters. The Labute approximate surface area is 208 Å². The number of nitrogens with one attached hydrogen (secondary N) is 1. The standard InChI is InChI=1S/C26H25ClN4O2S/c1-4-14-31-24(15-33-23-13-12-19-8-5-6-9-20(19)17(23)2)29-30-26(31)34-16-25(32)28-22-11-7-10-21(27)18(22)3/h4-13H,1,14-16H2,2-3H3,(H,28,32). The van der Waals surface area contributed by atoms with Gasteiger partial charge in [0.2, 0.25) is 5.91 Å².